The van der Waals surface area contributed by atoms with Crippen LogP contribution in [0.1, 0.15) is 47.0 Å². The molecule has 1 fully saturated rings. The molecule has 0 saturated heterocycles. The number of nitrogens with one attached hydrogen (secondary N) is 2. The van der Waals surface area contributed by atoms with Crippen molar-refractivity contribution in [2.75, 3.05) is 0 Å². The number of aliphatic imine (C=N–C) groups is 1. The molecule has 0 bridgehead atoms. The third-order valence-electron chi connectivity index (χ3n) is 3.44. The second-order valence-electron chi connectivity index (χ2n) is 5.34. The van der Waals surface area contributed by atoms with Crippen LogP contribution in [0.3, 0.4) is 0 Å². The van der Waals surface area contributed by atoms with Gasteiger partial charge in [0.1, 0.15) is 0 Å². The third-order valence-corrected chi connectivity index (χ3v) is 3.44. The van der Waals surface area contributed by atoms with Crippen LogP contribution in [-0.4, -0.2) is 18.0 Å². The minimum atomic E-state index is 0.356. The Morgan fingerprint density at radius 3 is 2.44 bits per heavy atom. The topological polar surface area (TPSA) is 62.4 Å². The zero-order chi connectivity index (χ0) is 12.1. The van der Waals surface area contributed by atoms with Gasteiger partial charge in [0, 0.05) is 6.04 Å². The van der Waals surface area contributed by atoms with Gasteiger partial charge in [-0.25, -0.2) is 10.8 Å². The summed E-state index contributed by atoms with van der Waals surface area (Å²) < 4.78 is 0. The highest BCUT2D eigenvalue weighted by molar-refractivity contribution is 5.79. The molecule has 1 aliphatic carbocycles. The molecular formula is C12H26N4. The van der Waals surface area contributed by atoms with Crippen LogP contribution in [0.2, 0.25) is 0 Å². The SMILES string of the molecule is CC(C)NC(=NC1CCC(C)C(C)C1)NN. The van der Waals surface area contributed by atoms with Crippen LogP contribution < -0.4 is 16.6 Å². The Kier molecular flexibility index (Phi) is 5.06. The van der Waals surface area contributed by atoms with Gasteiger partial charge in [-0.05, 0) is 44.9 Å². The lowest BCUT2D eigenvalue weighted by Gasteiger charge is -2.30. The molecule has 1 saturated carbocycles. The summed E-state index contributed by atoms with van der Waals surface area (Å²) in [6.45, 7) is 8.81. The predicted molar refractivity (Wildman–Crippen MR) is 69.0 cm³/mol. The van der Waals surface area contributed by atoms with Crippen LogP contribution in [0.4, 0.5) is 0 Å². The average Bonchev–Trinajstić information content (AvgIpc) is 2.22. The van der Waals surface area contributed by atoms with Crippen molar-refractivity contribution in [3.05, 3.63) is 0 Å². The summed E-state index contributed by atoms with van der Waals surface area (Å²) in [7, 11) is 0. The minimum Gasteiger partial charge on any atom is -0.353 e. The van der Waals surface area contributed by atoms with Crippen LogP contribution >= 0.6 is 0 Å². The van der Waals surface area contributed by atoms with Crippen LogP contribution in [0.5, 0.6) is 0 Å². The molecule has 1 aliphatic rings. The third kappa shape index (κ3) is 4.00. The van der Waals surface area contributed by atoms with Crippen LogP contribution in [0.25, 0.3) is 0 Å². The van der Waals surface area contributed by atoms with E-state index in [4.69, 9.17) is 5.84 Å². The van der Waals surface area contributed by atoms with Gasteiger partial charge >= 0.3 is 0 Å². The Balaban J connectivity index is 2.53. The fraction of sp³-hybridized carbons (Fsp3) is 0.917. The molecule has 3 unspecified atom stereocenters. The van der Waals surface area contributed by atoms with Crippen molar-refractivity contribution in [1.29, 1.82) is 0 Å². The van der Waals surface area contributed by atoms with E-state index in [9.17, 15) is 0 Å². The number of rotatable bonds is 2. The lowest BCUT2D eigenvalue weighted by atomic mass is 9.79. The second-order valence-corrected chi connectivity index (χ2v) is 5.34. The first-order valence-electron chi connectivity index (χ1n) is 6.33. The first-order chi connectivity index (χ1) is 7.52. The zero-order valence-electron chi connectivity index (χ0n) is 11.0. The van der Waals surface area contributed by atoms with Crippen molar-refractivity contribution in [3.63, 3.8) is 0 Å². The number of hydrogen-bond acceptors (Lipinski definition) is 2. The molecule has 0 heterocycles. The van der Waals surface area contributed by atoms with Gasteiger partial charge in [0.15, 0.2) is 0 Å². The number of hydrogen-bond donors (Lipinski definition) is 3. The van der Waals surface area contributed by atoms with E-state index in [-0.39, 0.29) is 0 Å². The van der Waals surface area contributed by atoms with E-state index in [0.717, 1.165) is 17.8 Å². The molecule has 0 radical (unpaired) electrons. The van der Waals surface area contributed by atoms with Gasteiger partial charge in [0.25, 0.3) is 0 Å². The normalized spacial score (nSPS) is 31.6. The van der Waals surface area contributed by atoms with Crippen molar-refractivity contribution in [2.24, 2.45) is 22.7 Å². The van der Waals surface area contributed by atoms with Crippen molar-refractivity contribution < 1.29 is 0 Å². The Hall–Kier alpha value is -0.770. The highest BCUT2D eigenvalue weighted by Crippen LogP contribution is 2.30. The Morgan fingerprint density at radius 1 is 1.25 bits per heavy atom. The van der Waals surface area contributed by atoms with Crippen molar-refractivity contribution >= 4 is 5.96 Å². The molecular weight excluding hydrogens is 200 g/mol. The Morgan fingerprint density at radius 2 is 1.94 bits per heavy atom. The molecule has 94 valence electrons. The number of nitrogens with zero attached hydrogens (tertiary/aromatic N) is 1. The summed E-state index contributed by atoms with van der Waals surface area (Å²) in [5.74, 6) is 7.78. The van der Waals surface area contributed by atoms with E-state index in [2.05, 4.69) is 43.4 Å². The predicted octanol–water partition coefficient (Wildman–Crippen LogP) is 1.63. The fourth-order valence-corrected chi connectivity index (χ4v) is 2.21. The monoisotopic (exact) mass is 226 g/mol. The van der Waals surface area contributed by atoms with Crippen LogP contribution in [0.15, 0.2) is 4.99 Å². The zero-order valence-corrected chi connectivity index (χ0v) is 11.0. The minimum absolute atomic E-state index is 0.356. The van der Waals surface area contributed by atoms with Crippen LogP contribution in [0, 0.1) is 11.8 Å². The number of hydrazine groups is 1. The Bertz CT molecular complexity index is 237. The summed E-state index contributed by atoms with van der Waals surface area (Å²) in [4.78, 5) is 4.65. The van der Waals surface area contributed by atoms with E-state index >= 15 is 0 Å². The first-order valence-corrected chi connectivity index (χ1v) is 6.33. The van der Waals surface area contributed by atoms with Gasteiger partial charge in [0.2, 0.25) is 5.96 Å². The molecule has 0 amide bonds. The van der Waals surface area contributed by atoms with Crippen LogP contribution in [-0.2, 0) is 0 Å². The van der Waals surface area contributed by atoms with E-state index in [1.54, 1.807) is 0 Å². The molecule has 0 aromatic carbocycles. The number of guanidine groups is 1. The van der Waals surface area contributed by atoms with Gasteiger partial charge in [-0.2, -0.15) is 0 Å². The molecule has 0 aromatic rings. The molecule has 4 heteroatoms. The van der Waals surface area contributed by atoms with Gasteiger partial charge in [-0.3, -0.25) is 5.43 Å². The largest absolute Gasteiger partial charge is 0.353 e. The first kappa shape index (κ1) is 13.3. The maximum Gasteiger partial charge on any atom is 0.206 e. The van der Waals surface area contributed by atoms with Crippen molar-refractivity contribution in [1.82, 2.24) is 10.7 Å². The van der Waals surface area contributed by atoms with Gasteiger partial charge < -0.3 is 5.32 Å². The molecule has 0 aromatic heterocycles. The quantitative estimate of drug-likeness (QED) is 0.290. The summed E-state index contributed by atoms with van der Waals surface area (Å²) in [6, 6.07) is 0.776. The maximum atomic E-state index is 5.46. The summed E-state index contributed by atoms with van der Waals surface area (Å²) in [5.41, 5.74) is 2.65. The van der Waals surface area contributed by atoms with Gasteiger partial charge in [-0.15, -0.1) is 0 Å². The lowest BCUT2D eigenvalue weighted by molar-refractivity contribution is 0.252. The standard InChI is InChI=1S/C12H26N4/c1-8(2)14-12(16-13)15-11-6-5-9(3)10(4)7-11/h8-11H,5-7,13H2,1-4H3,(H2,14,15,16). The molecule has 3 atom stereocenters. The number of nitrogens with two attached hydrogens (primary N) is 1. The van der Waals surface area contributed by atoms with E-state index < -0.39 is 0 Å². The highest BCUT2D eigenvalue weighted by Gasteiger charge is 2.24. The van der Waals surface area contributed by atoms with E-state index in [0.29, 0.717) is 12.1 Å². The highest BCUT2D eigenvalue weighted by atomic mass is 15.3. The smallest absolute Gasteiger partial charge is 0.206 e. The molecule has 4 N–H and O–H groups in total. The molecule has 0 aliphatic heterocycles. The molecule has 4 nitrogen and oxygen atoms in total. The summed E-state index contributed by atoms with van der Waals surface area (Å²) in [6.07, 6.45) is 3.62. The molecule has 1 rings (SSSR count). The fourth-order valence-electron chi connectivity index (χ4n) is 2.21. The van der Waals surface area contributed by atoms with E-state index in [1.165, 1.54) is 19.3 Å². The lowest BCUT2D eigenvalue weighted by Crippen LogP contribution is -2.45. The Labute approximate surface area is 99.1 Å². The average molecular weight is 226 g/mol. The van der Waals surface area contributed by atoms with Gasteiger partial charge in [0.05, 0.1) is 6.04 Å². The second kappa shape index (κ2) is 6.09. The van der Waals surface area contributed by atoms with Gasteiger partial charge in [-0.1, -0.05) is 13.8 Å². The summed E-state index contributed by atoms with van der Waals surface area (Å²) in [5, 5.41) is 3.22. The van der Waals surface area contributed by atoms with E-state index in [1.807, 2.05) is 0 Å². The molecule has 16 heavy (non-hydrogen) atoms. The van der Waals surface area contributed by atoms with Crippen molar-refractivity contribution in [3.8, 4) is 0 Å². The van der Waals surface area contributed by atoms with Crippen molar-refractivity contribution in [2.45, 2.75) is 59.0 Å². The summed E-state index contributed by atoms with van der Waals surface area (Å²) >= 11 is 0. The molecule has 0 spiro atoms. The maximum absolute atomic E-state index is 5.46.